The highest BCUT2D eigenvalue weighted by molar-refractivity contribution is 6.35. The second-order valence-electron chi connectivity index (χ2n) is 3.49. The van der Waals surface area contributed by atoms with Crippen LogP contribution < -0.4 is 4.57 Å². The number of rotatable bonds is 3. The quantitative estimate of drug-likeness (QED) is 0.815. The summed E-state index contributed by atoms with van der Waals surface area (Å²) < 4.78 is 1.84. The molecule has 0 aliphatic carbocycles. The SMILES string of the molecule is O[C@H](C[n+]1cc[nH]c1)c1ccc(Cl)cc1Cl. The number of imidazole rings is 1. The third-order valence-corrected chi connectivity index (χ3v) is 2.87. The predicted octanol–water partition coefficient (Wildman–Crippen LogP) is 2.34. The Morgan fingerprint density at radius 3 is 2.81 bits per heavy atom. The maximum atomic E-state index is 10.0. The van der Waals surface area contributed by atoms with E-state index in [-0.39, 0.29) is 0 Å². The van der Waals surface area contributed by atoms with Gasteiger partial charge in [-0.2, -0.15) is 0 Å². The molecule has 5 heteroatoms. The molecule has 2 N–H and O–H groups in total. The van der Waals surface area contributed by atoms with Crippen molar-refractivity contribution in [3.05, 3.63) is 52.5 Å². The molecule has 0 radical (unpaired) electrons. The lowest BCUT2D eigenvalue weighted by molar-refractivity contribution is -0.703. The summed E-state index contributed by atoms with van der Waals surface area (Å²) in [6.45, 7) is 0.449. The summed E-state index contributed by atoms with van der Waals surface area (Å²) in [7, 11) is 0. The van der Waals surface area contributed by atoms with Gasteiger partial charge in [-0.05, 0) is 12.1 Å². The molecule has 1 heterocycles. The molecular formula is C11H11Cl2N2O+. The van der Waals surface area contributed by atoms with Crippen LogP contribution in [0.3, 0.4) is 0 Å². The first-order valence-corrected chi connectivity index (χ1v) is 5.57. The van der Waals surface area contributed by atoms with Gasteiger partial charge in [0.1, 0.15) is 25.0 Å². The summed E-state index contributed by atoms with van der Waals surface area (Å²) in [4.78, 5) is 2.91. The number of aromatic amines is 1. The first-order chi connectivity index (χ1) is 7.66. The molecule has 16 heavy (non-hydrogen) atoms. The lowest BCUT2D eigenvalue weighted by atomic mass is 10.1. The normalized spacial score (nSPS) is 12.7. The average molecular weight is 258 g/mol. The zero-order valence-electron chi connectivity index (χ0n) is 8.40. The smallest absolute Gasteiger partial charge is 0.241 e. The van der Waals surface area contributed by atoms with Crippen molar-refractivity contribution in [3.63, 3.8) is 0 Å². The fourth-order valence-corrected chi connectivity index (χ4v) is 2.04. The van der Waals surface area contributed by atoms with Gasteiger partial charge in [-0.25, -0.2) is 4.57 Å². The number of hydrogen-bond donors (Lipinski definition) is 2. The number of nitrogens with zero attached hydrogens (tertiary/aromatic N) is 1. The van der Waals surface area contributed by atoms with Crippen LogP contribution in [0, 0.1) is 0 Å². The van der Waals surface area contributed by atoms with Crippen molar-refractivity contribution in [3.8, 4) is 0 Å². The van der Waals surface area contributed by atoms with E-state index < -0.39 is 6.10 Å². The van der Waals surface area contributed by atoms with Crippen molar-refractivity contribution in [2.75, 3.05) is 0 Å². The molecule has 0 aliphatic heterocycles. The lowest BCUT2D eigenvalue weighted by Gasteiger charge is -2.10. The Balaban J connectivity index is 2.17. The minimum atomic E-state index is -0.648. The third kappa shape index (κ3) is 2.55. The zero-order chi connectivity index (χ0) is 11.5. The van der Waals surface area contributed by atoms with Crippen molar-refractivity contribution >= 4 is 23.2 Å². The number of aliphatic hydroxyl groups is 1. The van der Waals surface area contributed by atoms with E-state index in [9.17, 15) is 5.11 Å². The van der Waals surface area contributed by atoms with Gasteiger partial charge in [-0.3, -0.25) is 4.98 Å². The Hall–Kier alpha value is -1.03. The number of nitrogens with one attached hydrogen (secondary N) is 1. The van der Waals surface area contributed by atoms with Gasteiger partial charge in [0, 0.05) is 15.6 Å². The first kappa shape index (κ1) is 11.5. The van der Waals surface area contributed by atoms with E-state index in [1.165, 1.54) is 0 Å². The highest BCUT2D eigenvalue weighted by Gasteiger charge is 2.14. The van der Waals surface area contributed by atoms with Crippen molar-refractivity contribution in [2.45, 2.75) is 12.6 Å². The summed E-state index contributed by atoms with van der Waals surface area (Å²) in [5.41, 5.74) is 0.680. The number of aliphatic hydroxyl groups excluding tert-OH is 1. The topological polar surface area (TPSA) is 39.9 Å². The largest absolute Gasteiger partial charge is 0.384 e. The van der Waals surface area contributed by atoms with E-state index in [0.29, 0.717) is 22.2 Å². The first-order valence-electron chi connectivity index (χ1n) is 4.81. The fraction of sp³-hybridized carbons (Fsp3) is 0.182. The highest BCUT2D eigenvalue weighted by Crippen LogP contribution is 2.26. The third-order valence-electron chi connectivity index (χ3n) is 2.31. The monoisotopic (exact) mass is 257 g/mol. The van der Waals surface area contributed by atoms with Gasteiger partial charge in [-0.1, -0.05) is 29.3 Å². The Morgan fingerprint density at radius 2 is 2.19 bits per heavy atom. The van der Waals surface area contributed by atoms with Gasteiger partial charge in [0.15, 0.2) is 0 Å². The van der Waals surface area contributed by atoms with Crippen LogP contribution in [0.2, 0.25) is 10.0 Å². The van der Waals surface area contributed by atoms with Crippen LogP contribution in [0.4, 0.5) is 0 Å². The highest BCUT2D eigenvalue weighted by atomic mass is 35.5. The van der Waals surface area contributed by atoms with Crippen LogP contribution in [-0.2, 0) is 6.54 Å². The van der Waals surface area contributed by atoms with E-state index in [1.807, 2.05) is 10.8 Å². The van der Waals surface area contributed by atoms with E-state index in [1.54, 1.807) is 30.7 Å². The molecular weight excluding hydrogens is 247 g/mol. The molecule has 1 atom stereocenters. The Morgan fingerprint density at radius 1 is 1.38 bits per heavy atom. The van der Waals surface area contributed by atoms with Crippen molar-refractivity contribution < 1.29 is 9.67 Å². The molecule has 84 valence electrons. The molecule has 0 fully saturated rings. The molecule has 0 bridgehead atoms. The average Bonchev–Trinajstić information content (AvgIpc) is 2.70. The molecule has 0 amide bonds. The molecule has 0 saturated heterocycles. The number of hydrogen-bond acceptors (Lipinski definition) is 1. The summed E-state index contributed by atoms with van der Waals surface area (Å²) in [5, 5.41) is 11.0. The number of halogens is 2. The summed E-state index contributed by atoms with van der Waals surface area (Å²) in [5.74, 6) is 0. The molecule has 0 unspecified atom stereocenters. The van der Waals surface area contributed by atoms with Gasteiger partial charge < -0.3 is 5.11 Å². The Labute approximate surface area is 103 Å². The Bertz CT molecular complexity index is 471. The fourth-order valence-electron chi connectivity index (χ4n) is 1.50. The number of benzene rings is 1. The minimum absolute atomic E-state index is 0.449. The second kappa shape index (κ2) is 4.87. The summed E-state index contributed by atoms with van der Waals surface area (Å²) >= 11 is 11.8. The molecule has 1 aromatic heterocycles. The van der Waals surface area contributed by atoms with Gasteiger partial charge in [0.25, 0.3) is 0 Å². The van der Waals surface area contributed by atoms with Crippen LogP contribution in [-0.4, -0.2) is 10.1 Å². The molecule has 2 rings (SSSR count). The second-order valence-corrected chi connectivity index (χ2v) is 4.33. The van der Waals surface area contributed by atoms with E-state index in [2.05, 4.69) is 4.98 Å². The Kier molecular flexibility index (Phi) is 3.49. The van der Waals surface area contributed by atoms with Gasteiger partial charge >= 0.3 is 0 Å². The maximum Gasteiger partial charge on any atom is 0.241 e. The molecule has 0 spiro atoms. The molecule has 1 aromatic carbocycles. The van der Waals surface area contributed by atoms with Crippen LogP contribution in [0.5, 0.6) is 0 Å². The summed E-state index contributed by atoms with van der Waals surface area (Å²) in [6, 6.07) is 5.08. The number of H-pyrrole nitrogens is 1. The zero-order valence-corrected chi connectivity index (χ0v) is 9.91. The van der Waals surface area contributed by atoms with E-state index in [4.69, 9.17) is 23.2 Å². The maximum absolute atomic E-state index is 10.0. The van der Waals surface area contributed by atoms with Crippen molar-refractivity contribution in [2.24, 2.45) is 0 Å². The molecule has 0 saturated carbocycles. The van der Waals surface area contributed by atoms with Gasteiger partial charge in [0.2, 0.25) is 6.33 Å². The summed E-state index contributed by atoms with van der Waals surface area (Å²) in [6.07, 6.45) is 4.75. The minimum Gasteiger partial charge on any atom is -0.384 e. The standard InChI is InChI=1S/C11H10Cl2N2O/c12-8-1-2-9(10(13)5-8)11(16)6-15-4-3-14-7-15/h1-5,7,11,16H,6H2/p+1/t11-/m1/s1. The lowest BCUT2D eigenvalue weighted by Crippen LogP contribution is -2.34. The molecule has 2 aromatic rings. The van der Waals surface area contributed by atoms with Gasteiger partial charge in [-0.15, -0.1) is 0 Å². The van der Waals surface area contributed by atoms with Crippen molar-refractivity contribution in [1.82, 2.24) is 4.98 Å². The van der Waals surface area contributed by atoms with E-state index in [0.717, 1.165) is 0 Å². The van der Waals surface area contributed by atoms with Crippen LogP contribution in [0.15, 0.2) is 36.9 Å². The van der Waals surface area contributed by atoms with Crippen LogP contribution >= 0.6 is 23.2 Å². The molecule has 3 nitrogen and oxygen atoms in total. The molecule has 0 aliphatic rings. The van der Waals surface area contributed by atoms with Crippen LogP contribution in [0.1, 0.15) is 11.7 Å². The van der Waals surface area contributed by atoms with E-state index >= 15 is 0 Å². The predicted molar refractivity (Wildman–Crippen MR) is 62.4 cm³/mol. The van der Waals surface area contributed by atoms with Gasteiger partial charge in [0.05, 0.1) is 0 Å². The number of aromatic nitrogens is 2. The van der Waals surface area contributed by atoms with Crippen LogP contribution in [0.25, 0.3) is 0 Å². The van der Waals surface area contributed by atoms with Crippen molar-refractivity contribution in [1.29, 1.82) is 0 Å².